The molecule has 0 aliphatic rings. The van der Waals surface area contributed by atoms with Gasteiger partial charge in [0.2, 0.25) is 0 Å². The molecule has 1 aromatic rings. The predicted molar refractivity (Wildman–Crippen MR) is 57.8 cm³/mol. The monoisotopic (exact) mass is 276 g/mol. The van der Waals surface area contributed by atoms with Gasteiger partial charge in [0.1, 0.15) is 0 Å². The summed E-state index contributed by atoms with van der Waals surface area (Å²) in [7, 11) is 0. The van der Waals surface area contributed by atoms with Gasteiger partial charge in [-0.05, 0) is 35.0 Å². The van der Waals surface area contributed by atoms with E-state index in [2.05, 4.69) is 21.1 Å². The van der Waals surface area contributed by atoms with Gasteiger partial charge in [0.15, 0.2) is 17.4 Å². The number of amidine groups is 1. The van der Waals surface area contributed by atoms with E-state index < -0.39 is 5.82 Å². The number of nitrogens with zero attached hydrogens (tertiary/aromatic N) is 1. The maximum Gasteiger partial charge on any atom is 0.179 e. The fourth-order valence-electron chi connectivity index (χ4n) is 1.05. The van der Waals surface area contributed by atoms with E-state index in [1.54, 1.807) is 6.92 Å². The third-order valence-electron chi connectivity index (χ3n) is 1.73. The highest BCUT2D eigenvalue weighted by Gasteiger charge is 2.14. The first-order valence-electron chi connectivity index (χ1n) is 4.20. The van der Waals surface area contributed by atoms with Gasteiger partial charge in [0, 0.05) is 5.56 Å². The lowest BCUT2D eigenvalue weighted by Crippen LogP contribution is -2.14. The van der Waals surface area contributed by atoms with Gasteiger partial charge in [-0.25, -0.2) is 4.39 Å². The van der Waals surface area contributed by atoms with Crippen molar-refractivity contribution in [3.05, 3.63) is 28.0 Å². The molecule has 0 saturated carbocycles. The number of benzene rings is 1. The number of ether oxygens (including phenoxy) is 1. The van der Waals surface area contributed by atoms with Crippen LogP contribution in [-0.4, -0.2) is 17.6 Å². The zero-order valence-corrected chi connectivity index (χ0v) is 9.58. The van der Waals surface area contributed by atoms with Crippen LogP contribution in [0.5, 0.6) is 5.75 Å². The number of hydrogen-bond acceptors (Lipinski definition) is 3. The van der Waals surface area contributed by atoms with Crippen molar-refractivity contribution < 1.29 is 14.3 Å². The molecule has 4 nitrogen and oxygen atoms in total. The molecule has 0 unspecified atom stereocenters. The van der Waals surface area contributed by atoms with Gasteiger partial charge in [-0.3, -0.25) is 0 Å². The van der Waals surface area contributed by atoms with Crippen molar-refractivity contribution in [1.29, 1.82) is 0 Å². The van der Waals surface area contributed by atoms with Crippen LogP contribution in [0.25, 0.3) is 0 Å². The molecule has 0 aromatic heterocycles. The second-order valence-electron chi connectivity index (χ2n) is 2.66. The van der Waals surface area contributed by atoms with E-state index in [-0.39, 0.29) is 21.6 Å². The van der Waals surface area contributed by atoms with Crippen molar-refractivity contribution in [2.45, 2.75) is 6.92 Å². The quantitative estimate of drug-likeness (QED) is 0.384. The van der Waals surface area contributed by atoms with Crippen molar-refractivity contribution >= 4 is 21.8 Å². The third kappa shape index (κ3) is 2.38. The Morgan fingerprint density at radius 2 is 2.33 bits per heavy atom. The van der Waals surface area contributed by atoms with Gasteiger partial charge >= 0.3 is 0 Å². The minimum Gasteiger partial charge on any atom is -0.491 e. The Bertz CT molecular complexity index is 396. The second-order valence-corrected chi connectivity index (χ2v) is 3.45. The summed E-state index contributed by atoms with van der Waals surface area (Å²) in [6.45, 7) is 2.12. The number of oxime groups is 1. The number of nitrogens with two attached hydrogens (primary N) is 1. The van der Waals surface area contributed by atoms with E-state index in [0.717, 1.165) is 0 Å². The standard InChI is InChI=1S/C9H10BrFN2O2/c1-2-15-6-4-3-5(9(12)13-14)7(10)8(6)11/h3-4,14H,2H2,1H3,(H2,12,13). The highest BCUT2D eigenvalue weighted by Crippen LogP contribution is 2.28. The summed E-state index contributed by atoms with van der Waals surface area (Å²) >= 11 is 3.02. The molecule has 0 atom stereocenters. The Morgan fingerprint density at radius 1 is 1.67 bits per heavy atom. The lowest BCUT2D eigenvalue weighted by atomic mass is 10.2. The van der Waals surface area contributed by atoms with Gasteiger partial charge in [0.25, 0.3) is 0 Å². The van der Waals surface area contributed by atoms with Crippen LogP contribution >= 0.6 is 15.9 Å². The number of halogens is 2. The van der Waals surface area contributed by atoms with Gasteiger partial charge in [-0.1, -0.05) is 5.16 Å². The van der Waals surface area contributed by atoms with E-state index in [4.69, 9.17) is 15.7 Å². The zero-order chi connectivity index (χ0) is 11.4. The molecule has 0 saturated heterocycles. The van der Waals surface area contributed by atoms with Crippen LogP contribution in [0, 0.1) is 5.82 Å². The Morgan fingerprint density at radius 3 is 2.87 bits per heavy atom. The fourth-order valence-corrected chi connectivity index (χ4v) is 1.58. The molecule has 1 rings (SSSR count). The minimum absolute atomic E-state index is 0.115. The summed E-state index contributed by atoms with van der Waals surface area (Å²) in [5.41, 5.74) is 5.63. The van der Waals surface area contributed by atoms with E-state index >= 15 is 0 Å². The fraction of sp³-hybridized carbons (Fsp3) is 0.222. The lowest BCUT2D eigenvalue weighted by molar-refractivity contribution is 0.317. The normalized spacial score (nSPS) is 11.5. The van der Waals surface area contributed by atoms with Gasteiger partial charge in [-0.15, -0.1) is 0 Å². The van der Waals surface area contributed by atoms with Gasteiger partial charge in [-0.2, -0.15) is 0 Å². The highest BCUT2D eigenvalue weighted by molar-refractivity contribution is 9.10. The average Bonchev–Trinajstić information content (AvgIpc) is 2.24. The molecule has 82 valence electrons. The maximum absolute atomic E-state index is 13.6. The van der Waals surface area contributed by atoms with Crippen LogP contribution in [0.2, 0.25) is 0 Å². The first-order chi connectivity index (χ1) is 7.11. The average molecular weight is 277 g/mol. The highest BCUT2D eigenvalue weighted by atomic mass is 79.9. The number of hydrogen-bond donors (Lipinski definition) is 2. The van der Waals surface area contributed by atoms with Crippen molar-refractivity contribution in [1.82, 2.24) is 0 Å². The summed E-state index contributed by atoms with van der Waals surface area (Å²) in [6.07, 6.45) is 0. The van der Waals surface area contributed by atoms with Crippen molar-refractivity contribution in [2.24, 2.45) is 10.9 Å². The van der Waals surface area contributed by atoms with Crippen LogP contribution in [0.4, 0.5) is 4.39 Å². The molecule has 0 heterocycles. The van der Waals surface area contributed by atoms with Crippen LogP contribution in [0.3, 0.4) is 0 Å². The molecule has 0 aliphatic heterocycles. The van der Waals surface area contributed by atoms with Crippen molar-refractivity contribution in [2.75, 3.05) is 6.61 Å². The van der Waals surface area contributed by atoms with E-state index in [1.165, 1.54) is 12.1 Å². The van der Waals surface area contributed by atoms with Gasteiger partial charge < -0.3 is 15.7 Å². The van der Waals surface area contributed by atoms with Crippen LogP contribution in [0.15, 0.2) is 21.8 Å². The maximum atomic E-state index is 13.6. The Balaban J connectivity index is 3.21. The molecule has 0 radical (unpaired) electrons. The summed E-state index contributed by atoms with van der Waals surface area (Å²) in [5, 5.41) is 11.3. The Hall–Kier alpha value is -1.30. The predicted octanol–water partition coefficient (Wildman–Crippen LogP) is 2.08. The molecule has 1 aromatic carbocycles. The topological polar surface area (TPSA) is 67.8 Å². The first-order valence-corrected chi connectivity index (χ1v) is 4.99. The number of rotatable bonds is 3. The molecule has 6 heteroatoms. The largest absolute Gasteiger partial charge is 0.491 e. The van der Waals surface area contributed by atoms with Crippen molar-refractivity contribution in [3.63, 3.8) is 0 Å². The Kier molecular flexibility index (Phi) is 3.90. The van der Waals surface area contributed by atoms with E-state index in [0.29, 0.717) is 6.61 Å². The van der Waals surface area contributed by atoms with Gasteiger partial charge in [0.05, 0.1) is 11.1 Å². The molecule has 0 spiro atoms. The molecule has 0 aliphatic carbocycles. The second kappa shape index (κ2) is 4.97. The van der Waals surface area contributed by atoms with Crippen molar-refractivity contribution in [3.8, 4) is 5.75 Å². The molecular formula is C9H10BrFN2O2. The first kappa shape index (κ1) is 11.8. The molecule has 0 bridgehead atoms. The van der Waals surface area contributed by atoms with Crippen LogP contribution in [0.1, 0.15) is 12.5 Å². The summed E-state index contributed by atoms with van der Waals surface area (Å²) in [6, 6.07) is 2.93. The molecule has 0 amide bonds. The summed E-state index contributed by atoms with van der Waals surface area (Å²) in [5.74, 6) is -0.608. The smallest absolute Gasteiger partial charge is 0.179 e. The Labute approximate surface area is 94.7 Å². The summed E-state index contributed by atoms with van der Waals surface area (Å²) in [4.78, 5) is 0. The SMILES string of the molecule is CCOc1ccc(/C(N)=N/O)c(Br)c1F. The third-order valence-corrected chi connectivity index (χ3v) is 2.51. The minimum atomic E-state index is -0.569. The summed E-state index contributed by atoms with van der Waals surface area (Å²) < 4.78 is 18.7. The zero-order valence-electron chi connectivity index (χ0n) is 8.00. The van der Waals surface area contributed by atoms with E-state index in [9.17, 15) is 4.39 Å². The lowest BCUT2D eigenvalue weighted by Gasteiger charge is -2.08. The molecular weight excluding hydrogens is 267 g/mol. The van der Waals surface area contributed by atoms with Crippen LogP contribution in [-0.2, 0) is 0 Å². The molecule has 15 heavy (non-hydrogen) atoms. The molecule has 3 N–H and O–H groups in total. The van der Waals surface area contributed by atoms with Crippen LogP contribution < -0.4 is 10.5 Å². The molecule has 0 fully saturated rings. The van der Waals surface area contributed by atoms with E-state index in [1.807, 2.05) is 0 Å².